The number of nitrogens with zero attached hydrogens (tertiary/aromatic N) is 1. The van der Waals surface area contributed by atoms with Crippen LogP contribution in [-0.2, 0) is 24.6 Å². The van der Waals surface area contributed by atoms with Crippen LogP contribution >= 0.6 is 11.8 Å². The maximum Gasteiger partial charge on any atom is 0.410 e. The molecule has 2 aliphatic heterocycles. The average molecular weight is 649 g/mol. The van der Waals surface area contributed by atoms with Gasteiger partial charge in [-0.1, -0.05) is 93.2 Å². The zero-order valence-corrected chi connectivity index (χ0v) is 28.6. The largest absolute Gasteiger partial charge is 0.447 e. The maximum atomic E-state index is 14.6. The first-order valence-electron chi connectivity index (χ1n) is 14.0. The second-order valence-electron chi connectivity index (χ2n) is 12.0. The van der Waals surface area contributed by atoms with Gasteiger partial charge >= 0.3 is 6.09 Å². The summed E-state index contributed by atoms with van der Waals surface area (Å²) in [6.45, 7) is 13.1. The minimum atomic E-state index is -4.29. The maximum absolute atomic E-state index is 14.6. The molecular weight excluding hydrogens is 609 g/mol. The van der Waals surface area contributed by atoms with Gasteiger partial charge in [-0.25, -0.2) is 26.0 Å². The highest BCUT2D eigenvalue weighted by Crippen LogP contribution is 2.49. The van der Waals surface area contributed by atoms with Crippen LogP contribution in [0.4, 0.5) is 4.79 Å². The van der Waals surface area contributed by atoms with Crippen LogP contribution < -0.4 is 14.8 Å². The molecule has 0 spiro atoms. The number of rotatable bonds is 8. The number of hydrogen-bond acceptors (Lipinski definition) is 7. The number of thioether (sulfide) groups is 1. The Morgan fingerprint density at radius 2 is 1.60 bits per heavy atom. The van der Waals surface area contributed by atoms with E-state index in [0.717, 1.165) is 22.1 Å². The van der Waals surface area contributed by atoms with Gasteiger partial charge in [-0.3, -0.25) is 4.90 Å². The molecule has 0 saturated carbocycles. The summed E-state index contributed by atoms with van der Waals surface area (Å²) in [6, 6.07) is 18.3. The molecule has 0 fully saturated rings. The molecule has 0 aromatic heterocycles. The van der Waals surface area contributed by atoms with Crippen molar-refractivity contribution in [2.75, 3.05) is 6.54 Å². The zero-order valence-electron chi connectivity index (χ0n) is 25.1. The van der Waals surface area contributed by atoms with Gasteiger partial charge < -0.3 is 4.74 Å². The highest BCUT2D eigenvalue weighted by atomic mass is 32.3. The monoisotopic (exact) mass is 648 g/mol. The molecule has 0 unspecified atom stereocenters. The second kappa shape index (κ2) is 12.0. The summed E-state index contributed by atoms with van der Waals surface area (Å²) in [5, 5.41) is 0.500. The lowest BCUT2D eigenvalue weighted by atomic mass is 10.0. The topological polar surface area (TPSA) is 110 Å². The van der Waals surface area contributed by atoms with Gasteiger partial charge in [-0.2, -0.15) is 0 Å². The molecule has 12 heteroatoms. The molecule has 0 aliphatic carbocycles. The van der Waals surface area contributed by atoms with E-state index in [1.54, 1.807) is 27.7 Å². The first-order valence-corrected chi connectivity index (χ1v) is 19.9. The first-order chi connectivity index (χ1) is 19.6. The lowest BCUT2D eigenvalue weighted by Crippen LogP contribution is -2.74. The van der Waals surface area contributed by atoms with E-state index in [2.05, 4.69) is 4.39 Å². The fourth-order valence-electron chi connectivity index (χ4n) is 5.65. The van der Waals surface area contributed by atoms with E-state index in [4.69, 9.17) is 4.74 Å². The summed E-state index contributed by atoms with van der Waals surface area (Å²) in [5.74, 6) is 0. The van der Waals surface area contributed by atoms with Crippen LogP contribution in [0.15, 0.2) is 80.8 Å². The summed E-state index contributed by atoms with van der Waals surface area (Å²) in [7, 11) is -11.4. The highest BCUT2D eigenvalue weighted by molar-refractivity contribution is 8.28. The molecule has 2 aromatic carbocycles. The quantitative estimate of drug-likeness (QED) is 0.413. The summed E-state index contributed by atoms with van der Waals surface area (Å²) in [4.78, 5) is 14.5. The van der Waals surface area contributed by atoms with Crippen molar-refractivity contribution < 1.29 is 26.4 Å². The number of benzene rings is 2. The van der Waals surface area contributed by atoms with Crippen molar-refractivity contribution in [3.8, 4) is 0 Å². The van der Waals surface area contributed by atoms with Crippen LogP contribution in [0.2, 0.25) is 5.04 Å². The van der Waals surface area contributed by atoms with Gasteiger partial charge in [0.1, 0.15) is 8.47 Å². The first kappa shape index (κ1) is 32.5. The number of carbonyl (C=O) groups is 1. The Hall–Kier alpha value is -2.38. The second-order valence-corrected chi connectivity index (χ2v) is 22.3. The fourth-order valence-corrected chi connectivity index (χ4v) is 18.1. The van der Waals surface area contributed by atoms with E-state index in [0.29, 0.717) is 5.57 Å². The number of carbonyl (C=O) groups excluding carboxylic acids is 1. The molecule has 0 radical (unpaired) electrons. The van der Waals surface area contributed by atoms with Gasteiger partial charge in [0, 0.05) is 6.54 Å². The van der Waals surface area contributed by atoms with E-state index < -0.39 is 56.6 Å². The Bertz CT molecular complexity index is 1560. The Labute approximate surface area is 255 Å². The normalized spacial score (nSPS) is 20.7. The lowest BCUT2D eigenvalue weighted by Gasteiger charge is -2.44. The van der Waals surface area contributed by atoms with Crippen LogP contribution in [-0.4, -0.2) is 60.0 Å². The molecule has 2 aliphatic rings. The third kappa shape index (κ3) is 5.88. The smallest absolute Gasteiger partial charge is 0.410 e. The van der Waals surface area contributed by atoms with Crippen molar-refractivity contribution >= 4 is 56.3 Å². The Kier molecular flexibility index (Phi) is 9.26. The third-order valence-electron chi connectivity index (χ3n) is 7.74. The highest BCUT2D eigenvalue weighted by Gasteiger charge is 2.53. The molecule has 0 saturated heterocycles. The summed E-state index contributed by atoms with van der Waals surface area (Å²) in [5.41, 5.74) is 0.527. The van der Waals surface area contributed by atoms with Crippen LogP contribution in [0.3, 0.4) is 0 Å². The van der Waals surface area contributed by atoms with Gasteiger partial charge in [0.25, 0.3) is 0 Å². The molecular formula is C30H40N2O6S3Si. The van der Waals surface area contributed by atoms with Gasteiger partial charge in [0.2, 0.25) is 18.3 Å². The zero-order chi connectivity index (χ0) is 31.1. The molecule has 8 nitrogen and oxygen atoms in total. The lowest BCUT2D eigenvalue weighted by molar-refractivity contribution is 0.0741. The van der Waals surface area contributed by atoms with Crippen LogP contribution in [0.1, 0.15) is 54.9 Å². The van der Waals surface area contributed by atoms with Crippen LogP contribution in [0, 0.1) is 0 Å². The molecule has 1 amide bonds. The fraction of sp³-hybridized carbons (Fsp3) is 0.433. The van der Waals surface area contributed by atoms with E-state index in [1.807, 2.05) is 81.4 Å². The van der Waals surface area contributed by atoms with Crippen LogP contribution in [0.25, 0.3) is 0 Å². The van der Waals surface area contributed by atoms with Gasteiger partial charge in [-0.05, 0) is 61.2 Å². The minimum Gasteiger partial charge on any atom is -0.447 e. The average Bonchev–Trinajstić information content (AvgIpc) is 3.15. The van der Waals surface area contributed by atoms with Gasteiger partial charge in [-0.15, -0.1) is 0 Å². The van der Waals surface area contributed by atoms with Gasteiger partial charge in [0.15, 0.2) is 9.84 Å². The van der Waals surface area contributed by atoms with E-state index >= 15 is 0 Å². The number of ether oxygens (including phenoxy) is 1. The Morgan fingerprint density at radius 1 is 1.07 bits per heavy atom. The van der Waals surface area contributed by atoms with E-state index in [-0.39, 0.29) is 21.4 Å². The minimum absolute atomic E-state index is 0.0149. The number of hydrogen-bond donors (Lipinski definition) is 1. The van der Waals surface area contributed by atoms with Crippen molar-refractivity contribution in [3.63, 3.8) is 0 Å². The molecule has 228 valence electrons. The van der Waals surface area contributed by atoms with Gasteiger partial charge in [0.05, 0.1) is 17.4 Å². The summed E-state index contributed by atoms with van der Waals surface area (Å²) < 4.78 is 64.5. The molecule has 42 heavy (non-hydrogen) atoms. The number of likely N-dealkylation sites (N-methyl/N-ethyl adjacent to an activating group) is 1. The molecule has 1 N–H and O–H groups in total. The van der Waals surface area contributed by atoms with Crippen molar-refractivity contribution in [1.29, 1.82) is 0 Å². The number of amides is 1. The molecule has 2 heterocycles. The van der Waals surface area contributed by atoms with E-state index in [9.17, 15) is 21.6 Å². The van der Waals surface area contributed by atoms with E-state index in [1.165, 1.54) is 11.0 Å². The predicted molar refractivity (Wildman–Crippen MR) is 173 cm³/mol. The standard InChI is InChI=1S/C30H40N2O6S3Si/c1-8-32(29(33)38-21(2)3)26-20-27(39-28-25(26)19-22(4)40(28,34)35)41(36,37)31-42(30(5,6)7,23-15-11-9-12-16-23)24-17-13-10-14-18-24/h9-18,20-22,26,31H,8,19H2,1-7H3/t22-,26-/m0/s1. The number of nitrogens with one attached hydrogen (secondary N) is 1. The number of sulfone groups is 1. The summed E-state index contributed by atoms with van der Waals surface area (Å²) in [6.07, 6.45) is 0.712. The predicted octanol–water partition coefficient (Wildman–Crippen LogP) is 4.71. The Balaban J connectivity index is 1.90. The van der Waals surface area contributed by atoms with Crippen molar-refractivity contribution in [2.24, 2.45) is 0 Å². The van der Waals surface area contributed by atoms with Crippen molar-refractivity contribution in [3.05, 3.63) is 80.8 Å². The molecule has 4 rings (SSSR count). The van der Waals surface area contributed by atoms with Crippen molar-refractivity contribution in [1.82, 2.24) is 9.29 Å². The van der Waals surface area contributed by atoms with Crippen molar-refractivity contribution in [2.45, 2.75) is 77.3 Å². The molecule has 2 atom stereocenters. The Morgan fingerprint density at radius 3 is 2.05 bits per heavy atom. The SMILES string of the molecule is CCN(C(=O)OC(C)C)[C@H]1C=C(S(=O)(=O)N[Si](c2ccccc2)(c2ccccc2)C(C)(C)C)SC2=C1C[C@H](C)S2(=O)=O. The third-order valence-corrected chi connectivity index (χ3v) is 20.0. The molecule has 2 aromatic rings. The number of sulfonamides is 1. The summed E-state index contributed by atoms with van der Waals surface area (Å²) >= 11 is 0.764. The van der Waals surface area contributed by atoms with Crippen LogP contribution in [0.5, 0.6) is 0 Å². The molecule has 0 bridgehead atoms.